The van der Waals surface area contributed by atoms with Gasteiger partial charge >= 0.3 is 0 Å². The zero-order valence-corrected chi connectivity index (χ0v) is 10.9. The van der Waals surface area contributed by atoms with Crippen LogP contribution in [0, 0.1) is 6.92 Å². The second-order valence-corrected chi connectivity index (χ2v) is 4.98. The molecule has 0 aromatic heterocycles. The molecule has 92 valence electrons. The molecule has 1 fully saturated rings. The number of halogens is 1. The molecule has 1 amide bonds. The van der Waals surface area contributed by atoms with Gasteiger partial charge in [0.2, 0.25) is 0 Å². The molecule has 0 saturated carbocycles. The van der Waals surface area contributed by atoms with Gasteiger partial charge in [0.05, 0.1) is 0 Å². The fraction of sp³-hybridized carbons (Fsp3) is 0.500. The number of hydrogen-bond donors (Lipinski definition) is 0. The second-order valence-electron chi connectivity index (χ2n) is 4.67. The van der Waals surface area contributed by atoms with Crippen molar-refractivity contribution in [3.63, 3.8) is 0 Å². The summed E-state index contributed by atoms with van der Waals surface area (Å²) in [7, 11) is 0. The number of benzene rings is 1. The molecule has 1 aromatic rings. The molecule has 0 N–H and O–H groups in total. The highest BCUT2D eigenvalue weighted by molar-refractivity contribution is 6.18. The third kappa shape index (κ3) is 2.81. The number of amides is 1. The molecular formula is C14H18ClNO. The SMILES string of the molecule is Cc1cccc(C(=O)N2CCCCC2CCl)c1. The Morgan fingerprint density at radius 3 is 3.00 bits per heavy atom. The van der Waals surface area contributed by atoms with Crippen LogP contribution in [-0.4, -0.2) is 29.3 Å². The van der Waals surface area contributed by atoms with Crippen LogP contribution in [0.1, 0.15) is 35.2 Å². The predicted octanol–water partition coefficient (Wildman–Crippen LogP) is 3.23. The van der Waals surface area contributed by atoms with E-state index in [1.54, 1.807) is 0 Å². The van der Waals surface area contributed by atoms with E-state index in [0.717, 1.165) is 30.5 Å². The van der Waals surface area contributed by atoms with Crippen LogP contribution in [-0.2, 0) is 0 Å². The molecule has 1 saturated heterocycles. The van der Waals surface area contributed by atoms with Crippen molar-refractivity contribution in [2.24, 2.45) is 0 Å². The van der Waals surface area contributed by atoms with Gasteiger partial charge in [-0.3, -0.25) is 4.79 Å². The Morgan fingerprint density at radius 1 is 1.47 bits per heavy atom. The van der Waals surface area contributed by atoms with Crippen molar-refractivity contribution in [2.75, 3.05) is 12.4 Å². The summed E-state index contributed by atoms with van der Waals surface area (Å²) in [5.74, 6) is 0.663. The zero-order valence-electron chi connectivity index (χ0n) is 10.2. The average Bonchev–Trinajstić information content (AvgIpc) is 2.38. The molecule has 2 rings (SSSR count). The summed E-state index contributed by atoms with van der Waals surface area (Å²) in [6.07, 6.45) is 3.29. The summed E-state index contributed by atoms with van der Waals surface area (Å²) in [5, 5.41) is 0. The number of aryl methyl sites for hydroxylation is 1. The molecule has 1 aromatic carbocycles. The molecule has 3 heteroatoms. The molecule has 17 heavy (non-hydrogen) atoms. The van der Waals surface area contributed by atoms with Gasteiger partial charge in [0.15, 0.2) is 0 Å². The lowest BCUT2D eigenvalue weighted by atomic mass is 10.0. The molecule has 0 bridgehead atoms. The molecule has 0 aliphatic carbocycles. The third-order valence-corrected chi connectivity index (χ3v) is 3.69. The van der Waals surface area contributed by atoms with Gasteiger partial charge in [0.1, 0.15) is 0 Å². The minimum absolute atomic E-state index is 0.124. The van der Waals surface area contributed by atoms with E-state index in [2.05, 4.69) is 0 Å². The van der Waals surface area contributed by atoms with Crippen LogP contribution in [0.4, 0.5) is 0 Å². The Bertz CT molecular complexity index is 405. The first-order valence-electron chi connectivity index (χ1n) is 6.16. The van der Waals surface area contributed by atoms with E-state index < -0.39 is 0 Å². The minimum atomic E-state index is 0.124. The summed E-state index contributed by atoms with van der Waals surface area (Å²) >= 11 is 5.94. The van der Waals surface area contributed by atoms with E-state index in [4.69, 9.17) is 11.6 Å². The van der Waals surface area contributed by atoms with Crippen LogP contribution in [0.3, 0.4) is 0 Å². The number of carbonyl (C=O) groups excluding carboxylic acids is 1. The van der Waals surface area contributed by atoms with Crippen molar-refractivity contribution >= 4 is 17.5 Å². The Balaban J connectivity index is 2.18. The molecule has 0 radical (unpaired) electrons. The van der Waals surface area contributed by atoms with E-state index >= 15 is 0 Å². The third-order valence-electron chi connectivity index (χ3n) is 3.33. The lowest BCUT2D eigenvalue weighted by Crippen LogP contribution is -2.44. The normalized spacial score (nSPS) is 20.4. The number of rotatable bonds is 2. The van der Waals surface area contributed by atoms with Crippen LogP contribution in [0.15, 0.2) is 24.3 Å². The largest absolute Gasteiger partial charge is 0.334 e. The summed E-state index contributed by atoms with van der Waals surface area (Å²) in [5.41, 5.74) is 1.90. The van der Waals surface area contributed by atoms with Crippen LogP contribution in [0.25, 0.3) is 0 Å². The van der Waals surface area contributed by atoms with Crippen LogP contribution >= 0.6 is 11.6 Å². The second kappa shape index (κ2) is 5.54. The number of piperidine rings is 1. The lowest BCUT2D eigenvalue weighted by molar-refractivity contribution is 0.0639. The quantitative estimate of drug-likeness (QED) is 0.739. The van der Waals surface area contributed by atoms with Gasteiger partial charge in [0.25, 0.3) is 5.91 Å². The fourth-order valence-corrected chi connectivity index (χ4v) is 2.69. The number of nitrogens with zero attached hydrogens (tertiary/aromatic N) is 1. The summed E-state index contributed by atoms with van der Waals surface area (Å²) in [6.45, 7) is 2.84. The van der Waals surface area contributed by atoms with Gasteiger partial charge < -0.3 is 4.90 Å². The number of alkyl halides is 1. The number of likely N-dealkylation sites (tertiary alicyclic amines) is 1. The van der Waals surface area contributed by atoms with Crippen molar-refractivity contribution in [3.8, 4) is 0 Å². The maximum absolute atomic E-state index is 12.4. The van der Waals surface area contributed by atoms with E-state index in [-0.39, 0.29) is 11.9 Å². The highest BCUT2D eigenvalue weighted by Crippen LogP contribution is 2.20. The van der Waals surface area contributed by atoms with Gasteiger partial charge in [-0.25, -0.2) is 0 Å². The first kappa shape index (κ1) is 12.4. The first-order valence-corrected chi connectivity index (χ1v) is 6.69. The summed E-state index contributed by atoms with van der Waals surface area (Å²) < 4.78 is 0. The summed E-state index contributed by atoms with van der Waals surface area (Å²) in [6, 6.07) is 7.98. The van der Waals surface area contributed by atoms with Gasteiger partial charge in [-0.05, 0) is 38.3 Å². The van der Waals surface area contributed by atoms with Crippen molar-refractivity contribution in [2.45, 2.75) is 32.2 Å². The molecule has 0 spiro atoms. The van der Waals surface area contributed by atoms with Crippen molar-refractivity contribution < 1.29 is 4.79 Å². The molecular weight excluding hydrogens is 234 g/mol. The van der Waals surface area contributed by atoms with E-state index in [0.29, 0.717) is 5.88 Å². The topological polar surface area (TPSA) is 20.3 Å². The van der Waals surface area contributed by atoms with Gasteiger partial charge in [-0.1, -0.05) is 17.7 Å². The predicted molar refractivity (Wildman–Crippen MR) is 70.6 cm³/mol. The highest BCUT2D eigenvalue weighted by atomic mass is 35.5. The summed E-state index contributed by atoms with van der Waals surface area (Å²) in [4.78, 5) is 14.3. The van der Waals surface area contributed by atoms with Crippen LogP contribution < -0.4 is 0 Å². The molecule has 1 aliphatic heterocycles. The van der Waals surface area contributed by atoms with Crippen molar-refractivity contribution in [1.82, 2.24) is 4.90 Å². The van der Waals surface area contributed by atoms with Crippen molar-refractivity contribution in [1.29, 1.82) is 0 Å². The Morgan fingerprint density at radius 2 is 2.29 bits per heavy atom. The van der Waals surface area contributed by atoms with Gasteiger partial charge in [-0.2, -0.15) is 0 Å². The Hall–Kier alpha value is -1.02. The van der Waals surface area contributed by atoms with E-state index in [9.17, 15) is 4.79 Å². The minimum Gasteiger partial charge on any atom is -0.334 e. The van der Waals surface area contributed by atoms with Gasteiger partial charge in [-0.15, -0.1) is 11.6 Å². The van der Waals surface area contributed by atoms with Gasteiger partial charge in [0, 0.05) is 24.0 Å². The number of hydrogen-bond acceptors (Lipinski definition) is 1. The Labute approximate surface area is 108 Å². The van der Waals surface area contributed by atoms with E-state index in [1.165, 1.54) is 6.42 Å². The maximum atomic E-state index is 12.4. The highest BCUT2D eigenvalue weighted by Gasteiger charge is 2.26. The van der Waals surface area contributed by atoms with Crippen LogP contribution in [0.5, 0.6) is 0 Å². The van der Waals surface area contributed by atoms with E-state index in [1.807, 2.05) is 36.1 Å². The molecule has 2 nitrogen and oxygen atoms in total. The standard InChI is InChI=1S/C14H18ClNO/c1-11-5-4-6-12(9-11)14(17)16-8-3-2-7-13(16)10-15/h4-6,9,13H,2-3,7-8,10H2,1H3. The maximum Gasteiger partial charge on any atom is 0.254 e. The van der Waals surface area contributed by atoms with Crippen LogP contribution in [0.2, 0.25) is 0 Å². The lowest BCUT2D eigenvalue weighted by Gasteiger charge is -2.34. The Kier molecular flexibility index (Phi) is 4.06. The molecule has 1 unspecified atom stereocenters. The molecule has 1 heterocycles. The fourth-order valence-electron chi connectivity index (χ4n) is 2.37. The molecule has 1 atom stereocenters. The first-order chi connectivity index (χ1) is 8.22. The van der Waals surface area contributed by atoms with Crippen molar-refractivity contribution in [3.05, 3.63) is 35.4 Å². The zero-order chi connectivity index (χ0) is 12.3. The smallest absolute Gasteiger partial charge is 0.254 e. The number of carbonyl (C=O) groups is 1. The average molecular weight is 252 g/mol. The monoisotopic (exact) mass is 251 g/mol. The molecule has 1 aliphatic rings.